The fraction of sp³-hybridized carbons (Fsp3) is 0. The van der Waals surface area contributed by atoms with Crippen LogP contribution < -0.4 is 0 Å². The molecule has 8 heteroatoms. The topological polar surface area (TPSA) is 77.3 Å². The molecule has 0 radical (unpaired) electrons. The van der Waals surface area contributed by atoms with E-state index in [1.54, 1.807) is 31.0 Å². The molecule has 0 saturated carbocycles. The molecule has 0 N–H and O–H groups in total. The zero-order valence-corrected chi connectivity index (χ0v) is 26.8. The molecule has 1 aromatic carbocycles. The van der Waals surface area contributed by atoms with Crippen LogP contribution in [0.25, 0.3) is 45.3 Å². The molecule has 0 saturated heterocycles. The molecule has 0 spiro atoms. The van der Waals surface area contributed by atoms with Gasteiger partial charge in [-0.3, -0.25) is 29.9 Å². The van der Waals surface area contributed by atoms with Crippen molar-refractivity contribution < 1.29 is 19.5 Å². The van der Waals surface area contributed by atoms with E-state index in [1.807, 2.05) is 115 Å². The van der Waals surface area contributed by atoms with Crippen LogP contribution in [0.15, 0.2) is 169 Å². The third-order valence-corrected chi connectivity index (χ3v) is 6.58. The van der Waals surface area contributed by atoms with E-state index in [-0.39, 0.29) is 19.5 Å². The Kier molecular flexibility index (Phi) is 12.7. The van der Waals surface area contributed by atoms with E-state index in [9.17, 15) is 0 Å². The maximum atomic E-state index is 4.38. The van der Waals surface area contributed by atoms with E-state index in [0.29, 0.717) is 0 Å². The molecule has 7 rings (SSSR count). The van der Waals surface area contributed by atoms with Crippen molar-refractivity contribution in [3.8, 4) is 45.3 Å². The summed E-state index contributed by atoms with van der Waals surface area (Å²) in [5.41, 5.74) is 7.75. The summed E-state index contributed by atoms with van der Waals surface area (Å²) >= 11 is 3.45. The van der Waals surface area contributed by atoms with Crippen LogP contribution in [0, 0.1) is 0 Å². The first-order valence-electron chi connectivity index (χ1n) is 13.5. The molecule has 0 aliphatic heterocycles. The summed E-state index contributed by atoms with van der Waals surface area (Å²) in [7, 11) is 0. The molecule has 6 nitrogen and oxygen atoms in total. The number of rotatable bonds is 4. The van der Waals surface area contributed by atoms with Crippen LogP contribution in [0.5, 0.6) is 0 Å². The Morgan fingerprint density at radius 3 is 1.00 bits per heavy atom. The van der Waals surface area contributed by atoms with E-state index in [0.717, 1.165) is 44.2 Å². The number of hydrogen-bond acceptors (Lipinski definition) is 6. The van der Waals surface area contributed by atoms with Crippen LogP contribution in [0.2, 0.25) is 0 Å². The number of halogens is 1. The van der Waals surface area contributed by atoms with Gasteiger partial charge in [-0.1, -0.05) is 58.4 Å². The number of benzene rings is 1. The minimum atomic E-state index is 0. The standard InChI is InChI=1S/C16H11BrN2.2C10H8N2.Ru/c17-14-6-4-12(5-7-14)13-8-10-19-16(11-13)15-3-1-2-9-18-15;2*1-3-7-11-9(5-1)10-6-2-4-8-12-10;/h1-11H;2*1-8H;. The van der Waals surface area contributed by atoms with Gasteiger partial charge in [0.1, 0.15) is 0 Å². The molecule has 7 aromatic rings. The first-order valence-corrected chi connectivity index (χ1v) is 14.3. The third-order valence-electron chi connectivity index (χ3n) is 6.05. The largest absolute Gasteiger partial charge is 0.255 e. The van der Waals surface area contributed by atoms with Crippen molar-refractivity contribution in [3.63, 3.8) is 0 Å². The molecular formula is C36H27BrN6Ru. The summed E-state index contributed by atoms with van der Waals surface area (Å²) in [4.78, 5) is 25.5. The Morgan fingerprint density at radius 1 is 0.318 bits per heavy atom. The average Bonchev–Trinajstić information content (AvgIpc) is 3.11. The second-order valence-corrected chi connectivity index (χ2v) is 9.93. The quantitative estimate of drug-likeness (QED) is 0.169. The molecule has 0 atom stereocenters. The van der Waals surface area contributed by atoms with Crippen molar-refractivity contribution in [2.75, 3.05) is 0 Å². The van der Waals surface area contributed by atoms with Gasteiger partial charge in [-0.2, -0.15) is 0 Å². The van der Waals surface area contributed by atoms with Crippen LogP contribution in [-0.2, 0) is 19.5 Å². The van der Waals surface area contributed by atoms with E-state index in [2.05, 4.69) is 64.0 Å². The van der Waals surface area contributed by atoms with Crippen molar-refractivity contribution in [1.29, 1.82) is 0 Å². The van der Waals surface area contributed by atoms with Gasteiger partial charge >= 0.3 is 0 Å². The van der Waals surface area contributed by atoms with Gasteiger partial charge < -0.3 is 0 Å². The van der Waals surface area contributed by atoms with Gasteiger partial charge in [0.25, 0.3) is 0 Å². The zero-order chi connectivity index (χ0) is 29.5. The summed E-state index contributed by atoms with van der Waals surface area (Å²) in [6.45, 7) is 0. The summed E-state index contributed by atoms with van der Waals surface area (Å²) < 4.78 is 1.08. The monoisotopic (exact) mass is 724 g/mol. The Morgan fingerprint density at radius 2 is 0.659 bits per heavy atom. The maximum absolute atomic E-state index is 4.38. The Bertz CT molecular complexity index is 1650. The Balaban J connectivity index is 0.000000155. The smallest absolute Gasteiger partial charge is 0.0892 e. The first kappa shape index (κ1) is 32.1. The molecule has 0 fully saturated rings. The van der Waals surface area contributed by atoms with Crippen molar-refractivity contribution in [2.45, 2.75) is 0 Å². The van der Waals surface area contributed by atoms with Crippen LogP contribution in [0.4, 0.5) is 0 Å². The second kappa shape index (κ2) is 17.4. The molecule has 44 heavy (non-hydrogen) atoms. The van der Waals surface area contributed by atoms with Crippen LogP contribution in [0.3, 0.4) is 0 Å². The summed E-state index contributed by atoms with van der Waals surface area (Å²) in [5.74, 6) is 0. The minimum Gasteiger partial charge on any atom is -0.255 e. The van der Waals surface area contributed by atoms with Crippen LogP contribution in [-0.4, -0.2) is 29.9 Å². The number of nitrogens with zero attached hydrogens (tertiary/aromatic N) is 6. The van der Waals surface area contributed by atoms with Gasteiger partial charge in [0.2, 0.25) is 0 Å². The summed E-state index contributed by atoms with van der Waals surface area (Å²) in [6.07, 6.45) is 10.7. The van der Waals surface area contributed by atoms with Gasteiger partial charge in [-0.15, -0.1) is 0 Å². The van der Waals surface area contributed by atoms with Gasteiger partial charge in [-0.25, -0.2) is 0 Å². The van der Waals surface area contributed by atoms with Crippen molar-refractivity contribution in [2.24, 2.45) is 0 Å². The van der Waals surface area contributed by atoms with Crippen molar-refractivity contribution >= 4 is 15.9 Å². The average molecular weight is 725 g/mol. The summed E-state index contributed by atoms with van der Waals surface area (Å²) in [6, 6.07) is 41.3. The molecule has 0 aliphatic rings. The maximum Gasteiger partial charge on any atom is 0.0892 e. The predicted molar refractivity (Wildman–Crippen MR) is 176 cm³/mol. The van der Waals surface area contributed by atoms with Gasteiger partial charge in [0, 0.05) is 61.1 Å². The predicted octanol–water partition coefficient (Wildman–Crippen LogP) is 8.86. The molecule has 216 valence electrons. The molecule has 6 heterocycles. The third kappa shape index (κ3) is 9.63. The van der Waals surface area contributed by atoms with E-state index in [1.165, 1.54) is 5.56 Å². The fourth-order valence-electron chi connectivity index (χ4n) is 3.96. The van der Waals surface area contributed by atoms with E-state index < -0.39 is 0 Å². The first-order chi connectivity index (χ1) is 21.3. The van der Waals surface area contributed by atoms with Gasteiger partial charge in [-0.05, 0) is 96.1 Å². The van der Waals surface area contributed by atoms with E-state index in [4.69, 9.17) is 0 Å². The number of hydrogen-bond donors (Lipinski definition) is 0. The normalized spacial score (nSPS) is 9.75. The number of pyridine rings is 6. The minimum absolute atomic E-state index is 0. The summed E-state index contributed by atoms with van der Waals surface area (Å²) in [5, 5.41) is 0. The molecule has 0 bridgehead atoms. The van der Waals surface area contributed by atoms with Crippen molar-refractivity contribution in [1.82, 2.24) is 29.9 Å². The molecule has 6 aromatic heterocycles. The molecule has 0 unspecified atom stereocenters. The van der Waals surface area contributed by atoms with E-state index >= 15 is 0 Å². The second-order valence-electron chi connectivity index (χ2n) is 9.01. The zero-order valence-electron chi connectivity index (χ0n) is 23.5. The molecule has 0 amide bonds. The van der Waals surface area contributed by atoms with Crippen LogP contribution in [0.1, 0.15) is 0 Å². The SMILES string of the molecule is Brc1ccc(-c2ccnc(-c3ccccn3)c2)cc1.[Ru].c1ccc(-c2ccccn2)nc1.c1ccc(-c2ccccn2)nc1. The molecule has 0 aliphatic carbocycles. The molecular weight excluding hydrogens is 697 g/mol. The Labute approximate surface area is 278 Å². The van der Waals surface area contributed by atoms with Gasteiger partial charge in [0.05, 0.1) is 34.2 Å². The van der Waals surface area contributed by atoms with Crippen molar-refractivity contribution in [3.05, 3.63) is 169 Å². The van der Waals surface area contributed by atoms with Gasteiger partial charge in [0.15, 0.2) is 0 Å². The number of aromatic nitrogens is 6. The fourth-order valence-corrected chi connectivity index (χ4v) is 4.23. The van der Waals surface area contributed by atoms with Crippen LogP contribution >= 0.6 is 15.9 Å². The Hall–Kier alpha value is -4.78.